The summed E-state index contributed by atoms with van der Waals surface area (Å²) in [5, 5.41) is 0.663. The van der Waals surface area contributed by atoms with Gasteiger partial charge >= 0.3 is 0 Å². The molecule has 0 radical (unpaired) electrons. The van der Waals surface area contributed by atoms with Crippen molar-refractivity contribution < 1.29 is 14.3 Å². The maximum Gasteiger partial charge on any atom is 0.248 e. The van der Waals surface area contributed by atoms with Crippen LogP contribution in [0, 0.1) is 0 Å². The molecule has 0 saturated carbocycles. The van der Waals surface area contributed by atoms with Crippen LogP contribution < -0.4 is 15.2 Å². The molecule has 2 aromatic heterocycles. The minimum absolute atomic E-state index is 0.201. The normalized spacial score (nSPS) is 12.2. The van der Waals surface area contributed by atoms with Crippen LogP contribution in [0.5, 0.6) is 11.5 Å². The Labute approximate surface area is 181 Å². The second kappa shape index (κ2) is 7.77. The van der Waals surface area contributed by atoms with E-state index in [1.807, 2.05) is 30.5 Å². The molecule has 1 aliphatic rings. The smallest absolute Gasteiger partial charge is 0.248 e. The highest BCUT2D eigenvalue weighted by Gasteiger charge is 2.20. The second-order valence-corrected chi connectivity index (χ2v) is 7.52. The lowest BCUT2D eigenvalue weighted by atomic mass is 10.1. The maximum absolute atomic E-state index is 11.4. The van der Waals surface area contributed by atoms with E-state index in [1.54, 1.807) is 30.5 Å². The Morgan fingerprint density at radius 1 is 1.03 bits per heavy atom. The summed E-state index contributed by atoms with van der Waals surface area (Å²) in [6.45, 7) is 0.201. The van der Waals surface area contributed by atoms with Gasteiger partial charge in [0.05, 0.1) is 17.1 Å². The number of nitrogens with two attached hydrogens (primary N) is 1. The number of hydrogen-bond donors (Lipinski definition) is 2. The van der Waals surface area contributed by atoms with Gasteiger partial charge < -0.3 is 20.2 Å². The first-order valence-electron chi connectivity index (χ1n) is 9.40. The molecule has 2 aromatic carbocycles. The largest absolute Gasteiger partial charge is 0.454 e. The fourth-order valence-corrected chi connectivity index (χ4v) is 3.67. The van der Waals surface area contributed by atoms with Crippen LogP contribution in [0.1, 0.15) is 10.4 Å². The van der Waals surface area contributed by atoms with Gasteiger partial charge in [-0.15, -0.1) is 0 Å². The highest BCUT2D eigenvalue weighted by molar-refractivity contribution is 7.98. The van der Waals surface area contributed by atoms with Gasteiger partial charge in [-0.2, -0.15) is 0 Å². The predicted octanol–water partition coefficient (Wildman–Crippen LogP) is 3.75. The summed E-state index contributed by atoms with van der Waals surface area (Å²) >= 11 is 1.47. The van der Waals surface area contributed by atoms with Crippen molar-refractivity contribution in [1.29, 1.82) is 0 Å². The molecule has 5 rings (SSSR count). The molecule has 0 bridgehead atoms. The average molecular weight is 431 g/mol. The van der Waals surface area contributed by atoms with Crippen LogP contribution in [0.2, 0.25) is 0 Å². The van der Waals surface area contributed by atoms with Crippen LogP contribution >= 0.6 is 11.8 Å². The van der Waals surface area contributed by atoms with E-state index in [2.05, 4.69) is 15.0 Å². The van der Waals surface area contributed by atoms with Crippen LogP contribution in [0.4, 0.5) is 0 Å². The van der Waals surface area contributed by atoms with Gasteiger partial charge in [0.1, 0.15) is 5.82 Å². The highest BCUT2D eigenvalue weighted by Crippen LogP contribution is 2.39. The van der Waals surface area contributed by atoms with E-state index in [-0.39, 0.29) is 6.79 Å². The molecule has 1 amide bonds. The fourth-order valence-electron chi connectivity index (χ4n) is 3.32. The molecule has 4 aromatic rings. The summed E-state index contributed by atoms with van der Waals surface area (Å²) in [5.41, 5.74) is 9.67. The lowest BCUT2D eigenvalue weighted by Crippen LogP contribution is -2.10. The molecule has 154 valence electrons. The van der Waals surface area contributed by atoms with E-state index in [9.17, 15) is 4.79 Å². The number of carbonyl (C=O) groups is 1. The number of primary amides is 1. The Bertz CT molecular complexity index is 1290. The topological polar surface area (TPSA) is 116 Å². The molecule has 8 nitrogen and oxygen atoms in total. The van der Waals surface area contributed by atoms with Gasteiger partial charge in [0.2, 0.25) is 12.7 Å². The second-order valence-electron chi connectivity index (χ2n) is 6.75. The number of aromatic nitrogens is 4. The first-order chi connectivity index (χ1) is 15.1. The highest BCUT2D eigenvalue weighted by atomic mass is 32.2. The summed E-state index contributed by atoms with van der Waals surface area (Å²) in [4.78, 5) is 28.5. The summed E-state index contributed by atoms with van der Waals surface area (Å²) in [5.74, 6) is 1.54. The van der Waals surface area contributed by atoms with Gasteiger partial charge in [0.25, 0.3) is 0 Å². The van der Waals surface area contributed by atoms with Gasteiger partial charge in [-0.25, -0.2) is 15.0 Å². The third-order valence-electron chi connectivity index (χ3n) is 4.86. The number of nitrogens with zero attached hydrogens (tertiary/aromatic N) is 3. The SMILES string of the molecule is CSc1nccc(-c2[nH]c(-c3ccc(C(N)=O)cc3)nc2-c2ccc3c(c2)OCO3)n1. The molecule has 0 atom stereocenters. The van der Waals surface area contributed by atoms with Gasteiger partial charge in [0, 0.05) is 22.9 Å². The monoisotopic (exact) mass is 431 g/mol. The fraction of sp³-hybridized carbons (Fsp3) is 0.0909. The summed E-state index contributed by atoms with van der Waals surface area (Å²) < 4.78 is 11.0. The van der Waals surface area contributed by atoms with E-state index in [1.165, 1.54) is 11.8 Å². The number of thioether (sulfide) groups is 1. The maximum atomic E-state index is 11.4. The molecule has 3 N–H and O–H groups in total. The Hall–Kier alpha value is -3.85. The lowest BCUT2D eigenvalue weighted by Gasteiger charge is -2.05. The van der Waals surface area contributed by atoms with Crippen LogP contribution in [0.25, 0.3) is 34.0 Å². The number of H-pyrrole nitrogens is 1. The summed E-state index contributed by atoms with van der Waals surface area (Å²) in [6.07, 6.45) is 3.65. The third kappa shape index (κ3) is 3.59. The first-order valence-corrected chi connectivity index (χ1v) is 10.6. The zero-order chi connectivity index (χ0) is 21.4. The molecule has 9 heteroatoms. The van der Waals surface area contributed by atoms with Crippen molar-refractivity contribution in [2.24, 2.45) is 5.73 Å². The molecule has 0 unspecified atom stereocenters. The number of amides is 1. The van der Waals surface area contributed by atoms with Crippen LogP contribution in [0.15, 0.2) is 59.9 Å². The summed E-state index contributed by atoms with van der Waals surface area (Å²) in [6, 6.07) is 14.5. The van der Waals surface area contributed by atoms with Gasteiger partial charge in [-0.3, -0.25) is 4.79 Å². The Morgan fingerprint density at radius 3 is 2.58 bits per heavy atom. The first kappa shape index (κ1) is 19.1. The molecule has 3 heterocycles. The number of ether oxygens (including phenoxy) is 2. The standard InChI is InChI=1S/C22H17N5O3S/c1-31-22-24-9-8-15(25-22)19-18(14-6-7-16-17(10-14)30-11-29-16)26-21(27-19)13-4-2-12(3-5-13)20(23)28/h2-10H,11H2,1H3,(H2,23,28)(H,26,27). The van der Waals surface area contributed by atoms with E-state index < -0.39 is 5.91 Å². The van der Waals surface area contributed by atoms with E-state index in [0.29, 0.717) is 28.0 Å². The van der Waals surface area contributed by atoms with Crippen LogP contribution in [-0.2, 0) is 0 Å². The van der Waals surface area contributed by atoms with Crippen molar-refractivity contribution in [2.75, 3.05) is 13.0 Å². The third-order valence-corrected chi connectivity index (χ3v) is 5.43. The molecule has 31 heavy (non-hydrogen) atoms. The van der Waals surface area contributed by atoms with Crippen molar-refractivity contribution in [3.05, 3.63) is 60.3 Å². The van der Waals surface area contributed by atoms with Crippen molar-refractivity contribution in [1.82, 2.24) is 19.9 Å². The molecule has 0 aliphatic carbocycles. The number of aromatic amines is 1. The minimum atomic E-state index is -0.474. The molecular formula is C22H17N5O3S. The molecular weight excluding hydrogens is 414 g/mol. The number of carbonyl (C=O) groups excluding carboxylic acids is 1. The zero-order valence-corrected chi connectivity index (χ0v) is 17.3. The lowest BCUT2D eigenvalue weighted by molar-refractivity contribution is 0.100. The summed E-state index contributed by atoms with van der Waals surface area (Å²) in [7, 11) is 0. The van der Waals surface area contributed by atoms with E-state index >= 15 is 0 Å². The number of benzene rings is 2. The van der Waals surface area contributed by atoms with Gasteiger partial charge in [-0.05, 0) is 42.7 Å². The zero-order valence-electron chi connectivity index (χ0n) is 16.5. The Kier molecular flexibility index (Phi) is 4.79. The van der Waals surface area contributed by atoms with Crippen molar-refractivity contribution in [3.8, 4) is 45.5 Å². The quantitative estimate of drug-likeness (QED) is 0.365. The van der Waals surface area contributed by atoms with Crippen molar-refractivity contribution in [3.63, 3.8) is 0 Å². The molecule has 1 aliphatic heterocycles. The van der Waals surface area contributed by atoms with E-state index in [4.69, 9.17) is 20.2 Å². The van der Waals surface area contributed by atoms with Crippen LogP contribution in [-0.4, -0.2) is 38.9 Å². The number of nitrogens with one attached hydrogen (secondary N) is 1. The number of fused-ring (bicyclic) bond motifs is 1. The number of imidazole rings is 1. The molecule has 0 fully saturated rings. The predicted molar refractivity (Wildman–Crippen MR) is 117 cm³/mol. The molecule has 0 saturated heterocycles. The van der Waals surface area contributed by atoms with E-state index in [0.717, 1.165) is 28.2 Å². The Balaban J connectivity index is 1.65. The van der Waals surface area contributed by atoms with Crippen molar-refractivity contribution >= 4 is 17.7 Å². The van der Waals surface area contributed by atoms with Gasteiger partial charge in [-0.1, -0.05) is 23.9 Å². The van der Waals surface area contributed by atoms with Crippen LogP contribution in [0.3, 0.4) is 0 Å². The van der Waals surface area contributed by atoms with Crippen molar-refractivity contribution in [2.45, 2.75) is 5.16 Å². The number of rotatable bonds is 5. The Morgan fingerprint density at radius 2 is 1.81 bits per heavy atom. The van der Waals surface area contributed by atoms with Gasteiger partial charge in [0.15, 0.2) is 16.7 Å². The molecule has 0 spiro atoms. The average Bonchev–Trinajstić information content (AvgIpc) is 3.46. The minimum Gasteiger partial charge on any atom is -0.454 e. The number of hydrogen-bond acceptors (Lipinski definition) is 7.